The van der Waals surface area contributed by atoms with Crippen LogP contribution in [-0.4, -0.2) is 9.97 Å². The molecule has 0 spiro atoms. The zero-order valence-electron chi connectivity index (χ0n) is 10.0. The molecule has 102 valence electrons. The number of halogens is 4. The summed E-state index contributed by atoms with van der Waals surface area (Å²) in [5.74, 6) is -0.373. The highest BCUT2D eigenvalue weighted by atomic mass is 19.4. The Morgan fingerprint density at radius 1 is 0.950 bits per heavy atom. The summed E-state index contributed by atoms with van der Waals surface area (Å²) in [6.07, 6.45) is -4.48. The van der Waals surface area contributed by atoms with Crippen molar-refractivity contribution in [3.63, 3.8) is 0 Å². The summed E-state index contributed by atoms with van der Waals surface area (Å²) in [4.78, 5) is 6.37. The van der Waals surface area contributed by atoms with E-state index < -0.39 is 11.9 Å². The van der Waals surface area contributed by atoms with E-state index >= 15 is 0 Å². The molecule has 0 bridgehead atoms. The van der Waals surface area contributed by atoms with Gasteiger partial charge < -0.3 is 4.98 Å². The van der Waals surface area contributed by atoms with Crippen molar-refractivity contribution in [3.05, 3.63) is 54.0 Å². The summed E-state index contributed by atoms with van der Waals surface area (Å²) >= 11 is 0. The number of aromatic amines is 1. The van der Waals surface area contributed by atoms with Gasteiger partial charge in [-0.2, -0.15) is 13.2 Å². The first-order valence-corrected chi connectivity index (χ1v) is 5.76. The maximum absolute atomic E-state index is 12.8. The van der Waals surface area contributed by atoms with Gasteiger partial charge in [-0.05, 0) is 48.0 Å². The molecular formula is C14H8F4N2. The largest absolute Gasteiger partial charge is 0.433 e. The van der Waals surface area contributed by atoms with Crippen molar-refractivity contribution in [2.45, 2.75) is 6.18 Å². The molecule has 20 heavy (non-hydrogen) atoms. The van der Waals surface area contributed by atoms with Gasteiger partial charge in [-0.3, -0.25) is 0 Å². The molecule has 2 heterocycles. The molecule has 0 atom stereocenters. The average Bonchev–Trinajstić information content (AvgIpc) is 2.81. The number of fused-ring (bicyclic) bond motifs is 1. The van der Waals surface area contributed by atoms with Crippen LogP contribution in [0.1, 0.15) is 5.69 Å². The van der Waals surface area contributed by atoms with Crippen LogP contribution in [0.4, 0.5) is 17.6 Å². The minimum atomic E-state index is -4.48. The topological polar surface area (TPSA) is 28.7 Å². The second-order valence-corrected chi connectivity index (χ2v) is 4.32. The van der Waals surface area contributed by atoms with Crippen LogP contribution in [0.2, 0.25) is 0 Å². The first kappa shape index (κ1) is 12.7. The number of rotatable bonds is 1. The van der Waals surface area contributed by atoms with E-state index in [0.717, 1.165) is 6.07 Å². The van der Waals surface area contributed by atoms with Crippen molar-refractivity contribution in [1.29, 1.82) is 0 Å². The average molecular weight is 280 g/mol. The zero-order valence-corrected chi connectivity index (χ0v) is 10.0. The quantitative estimate of drug-likeness (QED) is 0.658. The number of pyridine rings is 1. The van der Waals surface area contributed by atoms with Crippen LogP contribution < -0.4 is 0 Å². The van der Waals surface area contributed by atoms with Crippen molar-refractivity contribution in [3.8, 4) is 11.3 Å². The van der Waals surface area contributed by atoms with Gasteiger partial charge in [-0.1, -0.05) is 0 Å². The highest BCUT2D eigenvalue weighted by molar-refractivity contribution is 5.83. The van der Waals surface area contributed by atoms with Crippen molar-refractivity contribution in [2.24, 2.45) is 0 Å². The first-order chi connectivity index (χ1) is 9.43. The molecule has 3 rings (SSSR count). The Morgan fingerprint density at radius 3 is 2.30 bits per heavy atom. The lowest BCUT2D eigenvalue weighted by Crippen LogP contribution is -2.07. The van der Waals surface area contributed by atoms with E-state index in [2.05, 4.69) is 9.97 Å². The molecule has 0 saturated carbocycles. The molecule has 0 aliphatic rings. The van der Waals surface area contributed by atoms with Gasteiger partial charge in [0.15, 0.2) is 0 Å². The van der Waals surface area contributed by atoms with Crippen LogP contribution >= 0.6 is 0 Å². The van der Waals surface area contributed by atoms with Crippen molar-refractivity contribution in [1.82, 2.24) is 9.97 Å². The van der Waals surface area contributed by atoms with Gasteiger partial charge in [-0.25, -0.2) is 9.37 Å². The third-order valence-corrected chi connectivity index (χ3v) is 2.93. The van der Waals surface area contributed by atoms with E-state index in [4.69, 9.17) is 0 Å². The van der Waals surface area contributed by atoms with Gasteiger partial charge in [0.05, 0.1) is 0 Å². The molecule has 6 heteroatoms. The van der Waals surface area contributed by atoms with Crippen LogP contribution in [0.5, 0.6) is 0 Å². The van der Waals surface area contributed by atoms with Crippen LogP contribution in [0.15, 0.2) is 42.5 Å². The Bertz CT molecular complexity index is 757. The van der Waals surface area contributed by atoms with Gasteiger partial charge in [0.1, 0.15) is 17.2 Å². The molecule has 0 aliphatic carbocycles. The fraction of sp³-hybridized carbons (Fsp3) is 0.0714. The van der Waals surface area contributed by atoms with Crippen LogP contribution in [-0.2, 0) is 6.18 Å². The molecule has 0 saturated heterocycles. The lowest BCUT2D eigenvalue weighted by molar-refractivity contribution is -0.141. The number of benzene rings is 1. The molecule has 0 amide bonds. The van der Waals surface area contributed by atoms with Crippen molar-refractivity contribution >= 4 is 11.0 Å². The Hall–Kier alpha value is -2.37. The maximum Gasteiger partial charge on any atom is 0.433 e. The lowest BCUT2D eigenvalue weighted by Gasteiger charge is -2.04. The molecule has 0 aliphatic heterocycles. The van der Waals surface area contributed by atoms with E-state index in [9.17, 15) is 17.6 Å². The van der Waals surface area contributed by atoms with Gasteiger partial charge in [0, 0.05) is 11.1 Å². The normalized spacial score (nSPS) is 12.0. The number of hydrogen-bond acceptors (Lipinski definition) is 1. The fourth-order valence-electron chi connectivity index (χ4n) is 1.95. The summed E-state index contributed by atoms with van der Waals surface area (Å²) in [6.45, 7) is 0. The van der Waals surface area contributed by atoms with Crippen LogP contribution in [0, 0.1) is 5.82 Å². The molecular weight excluding hydrogens is 272 g/mol. The Morgan fingerprint density at radius 2 is 1.65 bits per heavy atom. The SMILES string of the molecule is Fc1ccc(-c2cc3ccc(C(F)(F)F)nc3[nH]2)cc1. The van der Waals surface area contributed by atoms with Crippen LogP contribution in [0.3, 0.4) is 0 Å². The monoisotopic (exact) mass is 280 g/mol. The highest BCUT2D eigenvalue weighted by Gasteiger charge is 2.32. The smallest absolute Gasteiger partial charge is 0.339 e. The second-order valence-electron chi connectivity index (χ2n) is 4.32. The summed E-state index contributed by atoms with van der Waals surface area (Å²) in [5.41, 5.74) is 0.474. The predicted molar refractivity (Wildman–Crippen MR) is 66.5 cm³/mol. The minimum Gasteiger partial charge on any atom is -0.339 e. The van der Waals surface area contributed by atoms with Gasteiger partial charge >= 0.3 is 6.18 Å². The van der Waals surface area contributed by atoms with Gasteiger partial charge in [0.25, 0.3) is 0 Å². The Balaban J connectivity index is 2.09. The van der Waals surface area contributed by atoms with Crippen molar-refractivity contribution in [2.75, 3.05) is 0 Å². The molecule has 1 N–H and O–H groups in total. The summed E-state index contributed by atoms with van der Waals surface area (Å²) in [7, 11) is 0. The van der Waals surface area contributed by atoms with Gasteiger partial charge in [-0.15, -0.1) is 0 Å². The number of nitrogens with one attached hydrogen (secondary N) is 1. The van der Waals surface area contributed by atoms with E-state index in [1.54, 1.807) is 18.2 Å². The number of aromatic nitrogens is 2. The van der Waals surface area contributed by atoms with E-state index in [1.165, 1.54) is 18.2 Å². The molecule has 2 aromatic heterocycles. The number of hydrogen-bond donors (Lipinski definition) is 1. The molecule has 0 fully saturated rings. The molecule has 0 radical (unpaired) electrons. The number of nitrogens with zero attached hydrogens (tertiary/aromatic N) is 1. The number of H-pyrrole nitrogens is 1. The predicted octanol–water partition coefficient (Wildman–Crippen LogP) is 4.39. The maximum atomic E-state index is 12.8. The zero-order chi connectivity index (χ0) is 14.3. The summed E-state index contributed by atoms with van der Waals surface area (Å²) in [6, 6.07) is 9.63. The van der Waals surface area contributed by atoms with E-state index in [1.807, 2.05) is 0 Å². The lowest BCUT2D eigenvalue weighted by atomic mass is 10.1. The molecule has 1 aromatic carbocycles. The van der Waals surface area contributed by atoms with Crippen LogP contribution in [0.25, 0.3) is 22.3 Å². The Labute approximate surface area is 111 Å². The third-order valence-electron chi connectivity index (χ3n) is 2.93. The standard InChI is InChI=1S/C14H8F4N2/c15-10-4-1-8(2-5-10)11-7-9-3-6-12(14(16,17)18)20-13(9)19-11/h1-7H,(H,19,20). The molecule has 0 unspecified atom stereocenters. The van der Waals surface area contributed by atoms with Gasteiger partial charge in [0.2, 0.25) is 0 Å². The Kier molecular flexibility index (Phi) is 2.74. The fourth-order valence-corrected chi connectivity index (χ4v) is 1.95. The third kappa shape index (κ3) is 2.24. The second kappa shape index (κ2) is 4.33. The summed E-state index contributed by atoms with van der Waals surface area (Å²) < 4.78 is 50.6. The van der Waals surface area contributed by atoms with E-state index in [-0.39, 0.29) is 11.5 Å². The summed E-state index contributed by atoms with van der Waals surface area (Å²) in [5, 5.41) is 0.567. The number of alkyl halides is 3. The molecule has 3 aromatic rings. The molecule has 2 nitrogen and oxygen atoms in total. The first-order valence-electron chi connectivity index (χ1n) is 5.76. The van der Waals surface area contributed by atoms with E-state index in [0.29, 0.717) is 16.6 Å². The minimum absolute atomic E-state index is 0.152. The van der Waals surface area contributed by atoms with Crippen molar-refractivity contribution < 1.29 is 17.6 Å². The highest BCUT2D eigenvalue weighted by Crippen LogP contribution is 2.30.